The van der Waals surface area contributed by atoms with Crippen LogP contribution in [-0.2, 0) is 0 Å². The summed E-state index contributed by atoms with van der Waals surface area (Å²) in [6.07, 6.45) is 26.8. The van der Waals surface area contributed by atoms with Crippen molar-refractivity contribution in [1.29, 1.82) is 0 Å². The van der Waals surface area contributed by atoms with Gasteiger partial charge in [0.05, 0.1) is 0 Å². The van der Waals surface area contributed by atoms with Crippen molar-refractivity contribution in [3.63, 3.8) is 0 Å². The van der Waals surface area contributed by atoms with Gasteiger partial charge in [-0.2, -0.15) is 0 Å². The largest absolute Gasteiger partial charge is 0.0654 e. The Morgan fingerprint density at radius 3 is 1.59 bits per heavy atom. The standard InChI is InChI=1S/C22H44/c1-3-5-7-9-10-12-16-21(15-11-8-6-4-2)17-13-14-18-22-19-20-22/h21-22H,3-20H2,1-2H3. The van der Waals surface area contributed by atoms with Crippen LogP contribution in [0.15, 0.2) is 0 Å². The van der Waals surface area contributed by atoms with Crippen molar-refractivity contribution in [2.75, 3.05) is 0 Å². The molecule has 0 bridgehead atoms. The molecule has 0 heteroatoms. The van der Waals surface area contributed by atoms with E-state index >= 15 is 0 Å². The lowest BCUT2D eigenvalue weighted by molar-refractivity contribution is 0.366. The lowest BCUT2D eigenvalue weighted by atomic mass is 9.89. The van der Waals surface area contributed by atoms with Gasteiger partial charge in [-0.3, -0.25) is 0 Å². The van der Waals surface area contributed by atoms with Crippen molar-refractivity contribution in [2.24, 2.45) is 11.8 Å². The number of hydrogen-bond acceptors (Lipinski definition) is 0. The Labute approximate surface area is 141 Å². The van der Waals surface area contributed by atoms with Gasteiger partial charge in [-0.25, -0.2) is 0 Å². The lowest BCUT2D eigenvalue weighted by Crippen LogP contribution is -2.01. The summed E-state index contributed by atoms with van der Waals surface area (Å²) in [5, 5.41) is 0. The molecule has 1 rings (SSSR count). The molecule has 1 aliphatic rings. The lowest BCUT2D eigenvalue weighted by Gasteiger charge is -2.17. The Balaban J connectivity index is 2.03. The third kappa shape index (κ3) is 12.5. The first-order valence-electron chi connectivity index (χ1n) is 10.9. The summed E-state index contributed by atoms with van der Waals surface area (Å²) in [6.45, 7) is 4.64. The normalized spacial score (nSPS) is 16.1. The average molecular weight is 309 g/mol. The molecule has 1 aliphatic carbocycles. The second-order valence-corrected chi connectivity index (χ2v) is 8.00. The highest BCUT2D eigenvalue weighted by atomic mass is 14.3. The van der Waals surface area contributed by atoms with Crippen LogP contribution in [0, 0.1) is 11.8 Å². The Morgan fingerprint density at radius 1 is 0.591 bits per heavy atom. The van der Waals surface area contributed by atoms with Crippen LogP contribution in [0.1, 0.15) is 129 Å². The predicted molar refractivity (Wildman–Crippen MR) is 101 cm³/mol. The van der Waals surface area contributed by atoms with E-state index in [1.165, 1.54) is 109 Å². The van der Waals surface area contributed by atoms with Gasteiger partial charge in [0.15, 0.2) is 0 Å². The van der Waals surface area contributed by atoms with E-state index in [0.717, 1.165) is 11.8 Å². The molecule has 0 N–H and O–H groups in total. The zero-order chi connectivity index (χ0) is 15.9. The molecular formula is C22H44. The fourth-order valence-electron chi connectivity index (χ4n) is 3.78. The van der Waals surface area contributed by atoms with Crippen molar-refractivity contribution in [2.45, 2.75) is 129 Å². The van der Waals surface area contributed by atoms with Gasteiger partial charge in [0.25, 0.3) is 0 Å². The summed E-state index contributed by atoms with van der Waals surface area (Å²) in [6, 6.07) is 0. The summed E-state index contributed by atoms with van der Waals surface area (Å²) < 4.78 is 0. The molecule has 1 fully saturated rings. The maximum atomic E-state index is 2.33. The Hall–Kier alpha value is 0. The van der Waals surface area contributed by atoms with Gasteiger partial charge < -0.3 is 0 Å². The van der Waals surface area contributed by atoms with Crippen molar-refractivity contribution in [1.82, 2.24) is 0 Å². The second-order valence-electron chi connectivity index (χ2n) is 8.00. The van der Waals surface area contributed by atoms with Crippen molar-refractivity contribution < 1.29 is 0 Å². The van der Waals surface area contributed by atoms with Gasteiger partial charge in [0, 0.05) is 0 Å². The van der Waals surface area contributed by atoms with E-state index in [-0.39, 0.29) is 0 Å². The number of unbranched alkanes of at least 4 members (excludes halogenated alkanes) is 9. The topological polar surface area (TPSA) is 0 Å². The third-order valence-corrected chi connectivity index (χ3v) is 5.60. The molecule has 0 heterocycles. The molecule has 22 heavy (non-hydrogen) atoms. The summed E-state index contributed by atoms with van der Waals surface area (Å²) in [7, 11) is 0. The zero-order valence-electron chi connectivity index (χ0n) is 15.9. The van der Waals surface area contributed by atoms with Gasteiger partial charge >= 0.3 is 0 Å². The molecule has 0 radical (unpaired) electrons. The Bertz CT molecular complexity index is 216. The van der Waals surface area contributed by atoms with Crippen molar-refractivity contribution >= 4 is 0 Å². The highest BCUT2D eigenvalue weighted by molar-refractivity contribution is 4.73. The van der Waals surface area contributed by atoms with Gasteiger partial charge in [0.1, 0.15) is 0 Å². The van der Waals surface area contributed by atoms with E-state index in [1.54, 1.807) is 6.42 Å². The summed E-state index contributed by atoms with van der Waals surface area (Å²) in [4.78, 5) is 0. The molecule has 0 amide bonds. The van der Waals surface area contributed by atoms with E-state index in [9.17, 15) is 0 Å². The molecule has 132 valence electrons. The van der Waals surface area contributed by atoms with Crippen LogP contribution in [0.2, 0.25) is 0 Å². The van der Waals surface area contributed by atoms with E-state index in [1.807, 2.05) is 0 Å². The maximum absolute atomic E-state index is 2.33. The minimum absolute atomic E-state index is 1.06. The molecule has 0 aromatic carbocycles. The summed E-state index contributed by atoms with van der Waals surface area (Å²) in [5.41, 5.74) is 0. The number of hydrogen-bond donors (Lipinski definition) is 0. The van der Waals surface area contributed by atoms with Crippen LogP contribution < -0.4 is 0 Å². The molecule has 1 unspecified atom stereocenters. The molecule has 0 nitrogen and oxygen atoms in total. The van der Waals surface area contributed by atoms with Crippen LogP contribution in [-0.4, -0.2) is 0 Å². The molecule has 1 saturated carbocycles. The molecule has 1 atom stereocenters. The van der Waals surface area contributed by atoms with Crippen molar-refractivity contribution in [3.8, 4) is 0 Å². The summed E-state index contributed by atoms with van der Waals surface area (Å²) >= 11 is 0. The maximum Gasteiger partial charge on any atom is -0.0414 e. The van der Waals surface area contributed by atoms with Gasteiger partial charge in [-0.15, -0.1) is 0 Å². The Morgan fingerprint density at radius 2 is 1.05 bits per heavy atom. The minimum atomic E-state index is 1.06. The molecule has 0 spiro atoms. The zero-order valence-corrected chi connectivity index (χ0v) is 15.9. The van der Waals surface area contributed by atoms with Gasteiger partial charge in [-0.1, -0.05) is 129 Å². The van der Waals surface area contributed by atoms with Crippen molar-refractivity contribution in [3.05, 3.63) is 0 Å². The Kier molecular flexibility index (Phi) is 13.3. The molecule has 0 aromatic heterocycles. The van der Waals surface area contributed by atoms with E-state index in [0.29, 0.717) is 0 Å². The van der Waals surface area contributed by atoms with E-state index in [4.69, 9.17) is 0 Å². The van der Waals surface area contributed by atoms with E-state index < -0.39 is 0 Å². The molecule has 0 aromatic rings. The minimum Gasteiger partial charge on any atom is -0.0654 e. The van der Waals surface area contributed by atoms with E-state index in [2.05, 4.69) is 13.8 Å². The number of rotatable bonds is 17. The highest BCUT2D eigenvalue weighted by Crippen LogP contribution is 2.34. The molecule has 0 saturated heterocycles. The third-order valence-electron chi connectivity index (χ3n) is 5.60. The van der Waals surface area contributed by atoms with Crippen LogP contribution in [0.4, 0.5) is 0 Å². The highest BCUT2D eigenvalue weighted by Gasteiger charge is 2.20. The second kappa shape index (κ2) is 14.6. The summed E-state index contributed by atoms with van der Waals surface area (Å²) in [5.74, 6) is 2.20. The monoisotopic (exact) mass is 308 g/mol. The van der Waals surface area contributed by atoms with Crippen LogP contribution >= 0.6 is 0 Å². The quantitative estimate of drug-likeness (QED) is 0.237. The first-order valence-corrected chi connectivity index (χ1v) is 10.9. The first kappa shape index (κ1) is 20.0. The fraction of sp³-hybridized carbons (Fsp3) is 1.00. The van der Waals surface area contributed by atoms with Gasteiger partial charge in [-0.05, 0) is 11.8 Å². The average Bonchev–Trinajstić information content (AvgIpc) is 3.34. The van der Waals surface area contributed by atoms with Crippen LogP contribution in [0.3, 0.4) is 0 Å². The predicted octanol–water partition coefficient (Wildman–Crippen LogP) is 8.29. The van der Waals surface area contributed by atoms with Crippen LogP contribution in [0.5, 0.6) is 0 Å². The smallest absolute Gasteiger partial charge is 0.0414 e. The molecular weight excluding hydrogens is 264 g/mol. The first-order chi connectivity index (χ1) is 10.9. The fourth-order valence-corrected chi connectivity index (χ4v) is 3.78. The SMILES string of the molecule is CCCCCCCCC(CCCCCC)CCCCC1CC1. The van der Waals surface area contributed by atoms with Crippen LogP contribution in [0.25, 0.3) is 0 Å². The van der Waals surface area contributed by atoms with Gasteiger partial charge in [0.2, 0.25) is 0 Å². The molecule has 0 aliphatic heterocycles.